The van der Waals surface area contributed by atoms with E-state index in [-0.39, 0.29) is 19.5 Å². The molecule has 2 atom stereocenters. The molecular weight excluding hydrogens is 332 g/mol. The number of nitrogens with zero attached hydrogens (tertiary/aromatic N) is 2. The van der Waals surface area contributed by atoms with Crippen LogP contribution in [0.5, 0.6) is 0 Å². The van der Waals surface area contributed by atoms with Gasteiger partial charge in [-0.05, 0) is 6.42 Å². The van der Waals surface area contributed by atoms with Crippen molar-refractivity contribution in [1.29, 1.82) is 0 Å². The van der Waals surface area contributed by atoms with E-state index in [0.29, 0.717) is 0 Å². The van der Waals surface area contributed by atoms with Gasteiger partial charge in [-0.25, -0.2) is 19.3 Å². The molecule has 6 N–H and O–H groups in total. The summed E-state index contributed by atoms with van der Waals surface area (Å²) in [5.41, 5.74) is -1.27. The van der Waals surface area contributed by atoms with Crippen LogP contribution in [-0.4, -0.2) is 104 Å². The highest BCUT2D eigenvalue weighted by Crippen LogP contribution is 2.29. The maximum Gasteiger partial charge on any atom is 0.511 e. The molecule has 2 unspecified atom stereocenters. The van der Waals surface area contributed by atoms with Crippen LogP contribution in [0.15, 0.2) is 0 Å². The third-order valence-electron chi connectivity index (χ3n) is 3.99. The molecule has 0 spiro atoms. The molecule has 1 rings (SSSR count). The lowest BCUT2D eigenvalue weighted by atomic mass is 10.2. The Labute approximate surface area is 132 Å². The molecule has 0 aromatic carbocycles. The average molecular weight is 353 g/mol. The van der Waals surface area contributed by atoms with Gasteiger partial charge in [0.05, 0.1) is 18.8 Å². The second-order valence-electron chi connectivity index (χ2n) is 5.61. The third-order valence-corrected chi connectivity index (χ3v) is 5.63. The van der Waals surface area contributed by atoms with Crippen molar-refractivity contribution >= 4 is 26.7 Å². The number of hydrogen-bond donors (Lipinski definition) is 6. The van der Waals surface area contributed by atoms with Gasteiger partial charge in [-0.2, -0.15) is 0 Å². The molecule has 1 aliphatic rings. The molecule has 0 aromatic heterocycles. The highest BCUT2D eigenvalue weighted by atomic mass is 28.4. The summed E-state index contributed by atoms with van der Waals surface area (Å²) >= 11 is 0. The van der Waals surface area contributed by atoms with E-state index in [1.165, 1.54) is 6.92 Å². The maximum absolute atomic E-state index is 11.7. The van der Waals surface area contributed by atoms with Gasteiger partial charge in [0.25, 0.3) is 0 Å². The normalized spacial score (nSPS) is 22.7. The minimum Gasteiger partial charge on any atom is -0.477 e. The first-order valence-corrected chi connectivity index (χ1v) is 8.81. The monoisotopic (exact) mass is 353 g/mol. The number of carbonyl (C=O) groups is 3. The summed E-state index contributed by atoms with van der Waals surface area (Å²) in [6.45, 7) is -0.168. The summed E-state index contributed by atoms with van der Waals surface area (Å²) in [6, 6.07) is 0. The SMILES string of the molecule is CCC(N1CC[N+](CC(=O)O)(CC(=O)O)C1C(=O)O)[Si](O)(O)O. The molecule has 1 fully saturated rings. The predicted octanol–water partition coefficient (Wildman–Crippen LogP) is -3.07. The number of quaternary nitrogens is 1. The van der Waals surface area contributed by atoms with Crippen molar-refractivity contribution in [1.82, 2.24) is 4.90 Å². The molecule has 0 aliphatic carbocycles. The number of carboxylic acid groups (broad SMARTS) is 3. The summed E-state index contributed by atoms with van der Waals surface area (Å²) < 4.78 is -0.791. The van der Waals surface area contributed by atoms with Gasteiger partial charge >= 0.3 is 26.7 Å². The fraction of sp³-hybridized carbons (Fsp3) is 0.727. The van der Waals surface area contributed by atoms with Crippen molar-refractivity contribution in [3.63, 3.8) is 0 Å². The standard InChI is InChI=1S/C11H20N2O9Si/c1-2-7(23(20,21)22)12-3-4-13(5-8(14)15,6-9(16)17)10(12)11(18)19/h7,10,20-22H,2-6H2,1H3,(H2-,14,15,16,17,18,19)/p+1. The second kappa shape index (κ2) is 6.90. The highest BCUT2D eigenvalue weighted by Gasteiger charge is 2.59. The van der Waals surface area contributed by atoms with E-state index in [1.807, 2.05) is 0 Å². The van der Waals surface area contributed by atoms with Crippen molar-refractivity contribution in [3.05, 3.63) is 0 Å². The van der Waals surface area contributed by atoms with E-state index in [0.717, 1.165) is 4.90 Å². The van der Waals surface area contributed by atoms with E-state index >= 15 is 0 Å². The number of aliphatic carboxylic acids is 3. The van der Waals surface area contributed by atoms with Gasteiger partial charge in [0.2, 0.25) is 6.17 Å². The average Bonchev–Trinajstić information content (AvgIpc) is 2.65. The van der Waals surface area contributed by atoms with Gasteiger partial charge in [-0.1, -0.05) is 6.92 Å². The Bertz CT molecular complexity index is 476. The van der Waals surface area contributed by atoms with Crippen molar-refractivity contribution in [3.8, 4) is 0 Å². The van der Waals surface area contributed by atoms with Gasteiger partial charge in [0.15, 0.2) is 13.1 Å². The van der Waals surface area contributed by atoms with Crippen molar-refractivity contribution in [2.24, 2.45) is 0 Å². The molecule has 0 amide bonds. The summed E-state index contributed by atoms with van der Waals surface area (Å²) in [4.78, 5) is 63.6. The number of rotatable bonds is 8. The molecule has 1 saturated heterocycles. The van der Waals surface area contributed by atoms with Crippen molar-refractivity contribution in [2.45, 2.75) is 25.2 Å². The Balaban J connectivity index is 3.31. The van der Waals surface area contributed by atoms with Crippen LogP contribution >= 0.6 is 0 Å². The maximum atomic E-state index is 11.7. The molecule has 0 radical (unpaired) electrons. The van der Waals surface area contributed by atoms with Gasteiger partial charge in [0, 0.05) is 0 Å². The molecule has 12 heteroatoms. The van der Waals surface area contributed by atoms with E-state index in [4.69, 9.17) is 10.2 Å². The van der Waals surface area contributed by atoms with Crippen LogP contribution in [0.1, 0.15) is 13.3 Å². The Kier molecular flexibility index (Phi) is 5.84. The molecular formula is C11H21N2O9Si+. The molecule has 0 saturated carbocycles. The fourth-order valence-electron chi connectivity index (χ4n) is 3.23. The number of hydrogen-bond acceptors (Lipinski definition) is 7. The Hall–Kier alpha value is -1.57. The van der Waals surface area contributed by atoms with Crippen LogP contribution in [0.25, 0.3) is 0 Å². The van der Waals surface area contributed by atoms with Crippen LogP contribution in [0.2, 0.25) is 0 Å². The van der Waals surface area contributed by atoms with E-state index in [9.17, 15) is 33.9 Å². The minimum atomic E-state index is -4.72. The van der Waals surface area contributed by atoms with Gasteiger partial charge in [0.1, 0.15) is 0 Å². The fourth-order valence-corrected chi connectivity index (χ4v) is 4.50. The minimum absolute atomic E-state index is 0.0135. The zero-order valence-corrected chi connectivity index (χ0v) is 13.5. The highest BCUT2D eigenvalue weighted by molar-refractivity contribution is 6.58. The van der Waals surface area contributed by atoms with Crippen LogP contribution in [0.4, 0.5) is 0 Å². The summed E-state index contributed by atoms with van der Waals surface area (Å²) in [7, 11) is -4.72. The Morgan fingerprint density at radius 1 is 1.13 bits per heavy atom. The largest absolute Gasteiger partial charge is 0.511 e. The van der Waals surface area contributed by atoms with E-state index < -0.39 is 56.1 Å². The third kappa shape index (κ3) is 4.24. The van der Waals surface area contributed by atoms with Gasteiger partial charge < -0.3 is 29.7 Å². The summed E-state index contributed by atoms with van der Waals surface area (Å²) in [5, 5.41) is 27.6. The summed E-state index contributed by atoms with van der Waals surface area (Å²) in [6.07, 6.45) is -1.59. The smallest absolute Gasteiger partial charge is 0.477 e. The molecule has 23 heavy (non-hydrogen) atoms. The molecule has 132 valence electrons. The lowest BCUT2D eigenvalue weighted by Crippen LogP contribution is -2.67. The lowest BCUT2D eigenvalue weighted by Gasteiger charge is -2.39. The summed E-state index contributed by atoms with van der Waals surface area (Å²) in [5.74, 6) is -4.22. The number of carboxylic acids is 3. The topological polar surface area (TPSA) is 176 Å². The van der Waals surface area contributed by atoms with E-state index in [1.54, 1.807) is 0 Å². The zero-order valence-electron chi connectivity index (χ0n) is 12.5. The van der Waals surface area contributed by atoms with Crippen LogP contribution in [0, 0.1) is 0 Å². The van der Waals surface area contributed by atoms with Crippen LogP contribution in [0.3, 0.4) is 0 Å². The Morgan fingerprint density at radius 2 is 1.61 bits per heavy atom. The van der Waals surface area contributed by atoms with Gasteiger partial charge in [-0.3, -0.25) is 4.48 Å². The van der Waals surface area contributed by atoms with Gasteiger partial charge in [-0.15, -0.1) is 0 Å². The first-order valence-electron chi connectivity index (χ1n) is 6.89. The van der Waals surface area contributed by atoms with Crippen LogP contribution < -0.4 is 0 Å². The van der Waals surface area contributed by atoms with Crippen molar-refractivity contribution in [2.75, 3.05) is 26.2 Å². The Morgan fingerprint density at radius 3 is 1.91 bits per heavy atom. The zero-order chi connectivity index (χ0) is 18.0. The molecule has 1 heterocycles. The second-order valence-corrected chi connectivity index (χ2v) is 7.65. The lowest BCUT2D eigenvalue weighted by molar-refractivity contribution is -0.923. The quantitative estimate of drug-likeness (QED) is 0.194. The molecule has 0 aromatic rings. The molecule has 0 bridgehead atoms. The van der Waals surface area contributed by atoms with E-state index in [2.05, 4.69) is 0 Å². The molecule has 11 nitrogen and oxygen atoms in total. The molecule has 1 aliphatic heterocycles. The first-order chi connectivity index (χ1) is 10.4. The predicted molar refractivity (Wildman–Crippen MR) is 74.8 cm³/mol. The van der Waals surface area contributed by atoms with Crippen molar-refractivity contribution < 1.29 is 48.6 Å². The van der Waals surface area contributed by atoms with Crippen LogP contribution in [-0.2, 0) is 14.4 Å². The first kappa shape index (κ1) is 19.5.